The van der Waals surface area contributed by atoms with Crippen LogP contribution >= 0.6 is 0 Å². The molecule has 28 heavy (non-hydrogen) atoms. The highest BCUT2D eigenvalue weighted by Crippen LogP contribution is 2.41. The van der Waals surface area contributed by atoms with Gasteiger partial charge in [0.15, 0.2) is 5.82 Å². The summed E-state index contributed by atoms with van der Waals surface area (Å²) in [6.07, 6.45) is 3.23. The molecule has 0 saturated carbocycles. The Hall–Kier alpha value is -2.90. The molecule has 2 aliphatic heterocycles. The van der Waals surface area contributed by atoms with E-state index in [1.54, 1.807) is 0 Å². The summed E-state index contributed by atoms with van der Waals surface area (Å²) in [7, 11) is 0. The molecule has 3 heterocycles. The molecular weight excluding hydrogens is 361 g/mol. The lowest BCUT2D eigenvalue weighted by atomic mass is 10.0. The van der Waals surface area contributed by atoms with E-state index in [0.717, 1.165) is 43.6 Å². The van der Waals surface area contributed by atoms with Gasteiger partial charge in [-0.1, -0.05) is 0 Å². The lowest BCUT2D eigenvalue weighted by Gasteiger charge is -2.37. The summed E-state index contributed by atoms with van der Waals surface area (Å²) in [5.74, 6) is -0.356. The molecule has 7 nitrogen and oxygen atoms in total. The van der Waals surface area contributed by atoms with E-state index in [1.807, 2.05) is 23.6 Å². The summed E-state index contributed by atoms with van der Waals surface area (Å²) < 4.78 is 13.1. The average Bonchev–Trinajstić information content (AvgIpc) is 3.21. The molecule has 4 rings (SSSR count). The smallest absolute Gasteiger partial charge is 0.321 e. The quantitative estimate of drug-likeness (QED) is 0.831. The second-order valence-corrected chi connectivity index (χ2v) is 7.86. The normalized spacial score (nSPS) is 18.1. The van der Waals surface area contributed by atoms with Crippen LogP contribution in [0.3, 0.4) is 0 Å². The standard InChI is InChI=1S/C20H24FN5O2/c1-20(2)16-15(12-26(20)19(28)25-10-4-3-5-11-25)17(24-23-16)22-18(27)13-6-8-14(21)9-7-13/h6-9H,3-5,10-12H2,1-2H3,(H2,22,23,24,27). The molecule has 0 radical (unpaired) electrons. The minimum atomic E-state index is -0.546. The van der Waals surface area contributed by atoms with Gasteiger partial charge in [0, 0.05) is 24.2 Å². The molecule has 3 amide bonds. The first-order valence-corrected chi connectivity index (χ1v) is 9.59. The summed E-state index contributed by atoms with van der Waals surface area (Å²) in [5.41, 5.74) is 1.44. The number of fused-ring (bicyclic) bond motifs is 1. The lowest BCUT2D eigenvalue weighted by molar-refractivity contribution is 0.100. The first-order valence-electron chi connectivity index (χ1n) is 9.59. The number of likely N-dealkylation sites (tertiary alicyclic amines) is 1. The van der Waals surface area contributed by atoms with Gasteiger partial charge in [0.1, 0.15) is 5.82 Å². The van der Waals surface area contributed by atoms with Crippen molar-refractivity contribution in [3.05, 3.63) is 46.9 Å². The van der Waals surface area contributed by atoms with E-state index in [4.69, 9.17) is 0 Å². The number of nitrogens with zero attached hydrogens (tertiary/aromatic N) is 3. The zero-order valence-electron chi connectivity index (χ0n) is 16.1. The number of rotatable bonds is 2. The number of nitrogens with one attached hydrogen (secondary N) is 2. The van der Waals surface area contributed by atoms with Crippen LogP contribution in [0.4, 0.5) is 15.0 Å². The predicted octanol–water partition coefficient (Wildman–Crippen LogP) is 3.46. The third-order valence-corrected chi connectivity index (χ3v) is 5.67. The highest BCUT2D eigenvalue weighted by molar-refractivity contribution is 6.04. The SMILES string of the molecule is CC1(C)c2[nH]nc(NC(=O)c3ccc(F)cc3)c2CN1C(=O)N1CCCCC1. The van der Waals surface area contributed by atoms with Gasteiger partial charge in [-0.25, -0.2) is 9.18 Å². The molecule has 2 N–H and O–H groups in total. The minimum Gasteiger partial charge on any atom is -0.325 e. The van der Waals surface area contributed by atoms with E-state index in [2.05, 4.69) is 15.5 Å². The van der Waals surface area contributed by atoms with E-state index >= 15 is 0 Å². The van der Waals surface area contributed by atoms with Crippen LogP contribution in [0.2, 0.25) is 0 Å². The maximum absolute atomic E-state index is 13.1. The summed E-state index contributed by atoms with van der Waals surface area (Å²) >= 11 is 0. The van der Waals surface area contributed by atoms with Gasteiger partial charge in [-0.3, -0.25) is 9.89 Å². The number of hydrogen-bond acceptors (Lipinski definition) is 3. The van der Waals surface area contributed by atoms with Crippen molar-refractivity contribution in [3.63, 3.8) is 0 Å². The molecule has 2 aromatic rings. The first kappa shape index (κ1) is 18.5. The second kappa shape index (κ2) is 6.92. The van der Waals surface area contributed by atoms with Crippen LogP contribution in [0.25, 0.3) is 0 Å². The number of hydrogen-bond donors (Lipinski definition) is 2. The van der Waals surface area contributed by atoms with Crippen molar-refractivity contribution in [1.29, 1.82) is 0 Å². The summed E-state index contributed by atoms with van der Waals surface area (Å²) in [5, 5.41) is 10.0. The number of piperidine rings is 1. The second-order valence-electron chi connectivity index (χ2n) is 7.86. The van der Waals surface area contributed by atoms with Crippen molar-refractivity contribution < 1.29 is 14.0 Å². The van der Waals surface area contributed by atoms with Crippen molar-refractivity contribution in [2.45, 2.75) is 45.2 Å². The summed E-state index contributed by atoms with van der Waals surface area (Å²) in [6, 6.07) is 5.35. The fraction of sp³-hybridized carbons (Fsp3) is 0.450. The van der Waals surface area contributed by atoms with E-state index in [-0.39, 0.29) is 11.9 Å². The molecule has 0 bridgehead atoms. The Morgan fingerprint density at radius 1 is 1.14 bits per heavy atom. The molecule has 1 fully saturated rings. The zero-order valence-corrected chi connectivity index (χ0v) is 16.1. The lowest BCUT2D eigenvalue weighted by Crippen LogP contribution is -2.49. The largest absolute Gasteiger partial charge is 0.325 e. The number of halogens is 1. The Kier molecular flexibility index (Phi) is 4.56. The number of anilines is 1. The number of aromatic nitrogens is 2. The minimum absolute atomic E-state index is 0.0186. The molecule has 8 heteroatoms. The molecule has 0 aliphatic carbocycles. The van der Waals surface area contributed by atoms with Gasteiger partial charge in [-0.2, -0.15) is 5.10 Å². The van der Waals surface area contributed by atoms with Gasteiger partial charge in [-0.15, -0.1) is 0 Å². The Morgan fingerprint density at radius 3 is 2.50 bits per heavy atom. The Morgan fingerprint density at radius 2 is 1.82 bits per heavy atom. The first-order chi connectivity index (χ1) is 13.4. The fourth-order valence-corrected chi connectivity index (χ4v) is 3.96. The topological polar surface area (TPSA) is 81.3 Å². The van der Waals surface area contributed by atoms with Gasteiger partial charge in [0.2, 0.25) is 0 Å². The highest BCUT2D eigenvalue weighted by atomic mass is 19.1. The molecule has 1 aromatic heterocycles. The van der Waals surface area contributed by atoms with Crippen LogP contribution < -0.4 is 5.32 Å². The van der Waals surface area contributed by atoms with E-state index in [1.165, 1.54) is 24.3 Å². The van der Waals surface area contributed by atoms with Gasteiger partial charge < -0.3 is 15.1 Å². The van der Waals surface area contributed by atoms with Crippen LogP contribution in [0.1, 0.15) is 54.7 Å². The molecular formula is C20H24FN5O2. The average molecular weight is 385 g/mol. The monoisotopic (exact) mass is 385 g/mol. The summed E-state index contributed by atoms with van der Waals surface area (Å²) in [4.78, 5) is 29.3. The van der Waals surface area contributed by atoms with Crippen molar-refractivity contribution >= 4 is 17.8 Å². The van der Waals surface area contributed by atoms with Gasteiger partial charge >= 0.3 is 6.03 Å². The third-order valence-electron chi connectivity index (χ3n) is 5.67. The number of carbonyl (C=O) groups is 2. The van der Waals surface area contributed by atoms with E-state index in [0.29, 0.717) is 17.9 Å². The van der Waals surface area contributed by atoms with Crippen molar-refractivity contribution in [3.8, 4) is 0 Å². The van der Waals surface area contributed by atoms with Gasteiger partial charge in [-0.05, 0) is 57.4 Å². The Bertz CT molecular complexity index is 900. The number of urea groups is 1. The van der Waals surface area contributed by atoms with Crippen molar-refractivity contribution in [1.82, 2.24) is 20.0 Å². The molecule has 148 valence electrons. The molecule has 1 aromatic carbocycles. The molecule has 0 unspecified atom stereocenters. The van der Waals surface area contributed by atoms with Crippen LogP contribution in [0, 0.1) is 5.82 Å². The number of carbonyl (C=O) groups excluding carboxylic acids is 2. The zero-order chi connectivity index (χ0) is 19.9. The number of H-pyrrole nitrogens is 1. The predicted molar refractivity (Wildman–Crippen MR) is 102 cm³/mol. The van der Waals surface area contributed by atoms with Gasteiger partial charge in [0.25, 0.3) is 5.91 Å². The Balaban J connectivity index is 1.54. The van der Waals surface area contributed by atoms with Crippen molar-refractivity contribution in [2.24, 2.45) is 0 Å². The van der Waals surface area contributed by atoms with Crippen LogP contribution in [-0.2, 0) is 12.1 Å². The molecule has 1 saturated heterocycles. The fourth-order valence-electron chi connectivity index (χ4n) is 3.96. The molecule has 0 atom stereocenters. The highest BCUT2D eigenvalue weighted by Gasteiger charge is 2.45. The van der Waals surface area contributed by atoms with Crippen LogP contribution in [0.5, 0.6) is 0 Å². The summed E-state index contributed by atoms with van der Waals surface area (Å²) in [6.45, 7) is 5.90. The maximum atomic E-state index is 13.1. The Labute approximate surface area is 162 Å². The molecule has 2 aliphatic rings. The van der Waals surface area contributed by atoms with Crippen LogP contribution in [0.15, 0.2) is 24.3 Å². The third kappa shape index (κ3) is 3.12. The van der Waals surface area contributed by atoms with E-state index in [9.17, 15) is 14.0 Å². The van der Waals surface area contributed by atoms with Crippen molar-refractivity contribution in [2.75, 3.05) is 18.4 Å². The van der Waals surface area contributed by atoms with E-state index < -0.39 is 11.4 Å². The molecule has 0 spiro atoms. The number of amides is 3. The number of aromatic amines is 1. The van der Waals surface area contributed by atoms with Crippen LogP contribution in [-0.4, -0.2) is 45.0 Å². The number of benzene rings is 1. The van der Waals surface area contributed by atoms with Gasteiger partial charge in [0.05, 0.1) is 17.8 Å². The maximum Gasteiger partial charge on any atom is 0.321 e.